The van der Waals surface area contributed by atoms with Crippen molar-refractivity contribution in [3.05, 3.63) is 65.7 Å². The van der Waals surface area contributed by atoms with Gasteiger partial charge in [0.05, 0.1) is 11.3 Å². The summed E-state index contributed by atoms with van der Waals surface area (Å²) in [5, 5.41) is 9.13. The van der Waals surface area contributed by atoms with Crippen LogP contribution in [0.2, 0.25) is 0 Å². The fourth-order valence-electron chi connectivity index (χ4n) is 3.78. The molecule has 4 nitrogen and oxygen atoms in total. The topological polar surface area (TPSA) is 43.0 Å². The van der Waals surface area contributed by atoms with Crippen LogP contribution >= 0.6 is 0 Å². The maximum Gasteiger partial charge on any atom is 0.416 e. The van der Waals surface area contributed by atoms with Gasteiger partial charge in [-0.2, -0.15) is 18.3 Å². The lowest BCUT2D eigenvalue weighted by Crippen LogP contribution is -2.08. The third kappa shape index (κ3) is 3.16. The van der Waals surface area contributed by atoms with Gasteiger partial charge in [0, 0.05) is 17.5 Å². The molecule has 0 saturated heterocycles. The van der Waals surface area contributed by atoms with Crippen LogP contribution in [-0.2, 0) is 12.6 Å². The Labute approximate surface area is 164 Å². The summed E-state index contributed by atoms with van der Waals surface area (Å²) >= 11 is 0. The van der Waals surface area contributed by atoms with E-state index in [1.165, 1.54) is 12.1 Å². The van der Waals surface area contributed by atoms with E-state index in [2.05, 4.69) is 5.32 Å². The number of nitrogens with zero attached hydrogens (tertiary/aromatic N) is 2. The number of anilines is 1. The van der Waals surface area contributed by atoms with E-state index in [9.17, 15) is 13.2 Å². The SMILES string of the molecule is FC(F)(F)c1ccc(-n2nc(-c3cc4ccccc4o3)c3c2NCCCC3)cc1. The van der Waals surface area contributed by atoms with E-state index in [-0.39, 0.29) is 0 Å². The minimum atomic E-state index is -4.36. The largest absolute Gasteiger partial charge is 0.454 e. The summed E-state index contributed by atoms with van der Waals surface area (Å²) in [5.41, 5.74) is 2.44. The number of aromatic nitrogens is 2. The molecule has 148 valence electrons. The lowest BCUT2D eigenvalue weighted by atomic mass is 10.1. The molecule has 5 rings (SSSR count). The Morgan fingerprint density at radius 1 is 1.00 bits per heavy atom. The first-order valence-electron chi connectivity index (χ1n) is 9.53. The zero-order valence-corrected chi connectivity index (χ0v) is 15.5. The molecule has 1 aliphatic heterocycles. The molecule has 0 atom stereocenters. The van der Waals surface area contributed by atoms with Gasteiger partial charge in [-0.1, -0.05) is 18.2 Å². The van der Waals surface area contributed by atoms with Crippen LogP contribution in [0.4, 0.5) is 19.0 Å². The number of benzene rings is 2. The van der Waals surface area contributed by atoms with Crippen molar-refractivity contribution >= 4 is 16.8 Å². The Morgan fingerprint density at radius 2 is 1.79 bits per heavy atom. The van der Waals surface area contributed by atoms with Gasteiger partial charge in [0.25, 0.3) is 0 Å². The minimum Gasteiger partial charge on any atom is -0.454 e. The van der Waals surface area contributed by atoms with Crippen molar-refractivity contribution in [2.45, 2.75) is 25.4 Å². The average Bonchev–Trinajstić information content (AvgIpc) is 3.21. The van der Waals surface area contributed by atoms with Crippen molar-refractivity contribution < 1.29 is 17.6 Å². The molecule has 1 N–H and O–H groups in total. The fraction of sp³-hybridized carbons (Fsp3) is 0.227. The second kappa shape index (κ2) is 6.69. The number of hydrogen-bond acceptors (Lipinski definition) is 3. The number of halogens is 3. The van der Waals surface area contributed by atoms with Crippen LogP contribution in [0.25, 0.3) is 28.1 Å². The Bertz CT molecular complexity index is 1140. The van der Waals surface area contributed by atoms with Crippen molar-refractivity contribution in [3.63, 3.8) is 0 Å². The molecule has 1 aliphatic rings. The number of furan rings is 1. The van der Waals surface area contributed by atoms with E-state index in [1.807, 2.05) is 30.3 Å². The third-order valence-electron chi connectivity index (χ3n) is 5.23. The number of rotatable bonds is 2. The van der Waals surface area contributed by atoms with Crippen LogP contribution in [0.3, 0.4) is 0 Å². The lowest BCUT2D eigenvalue weighted by molar-refractivity contribution is -0.137. The normalized spacial score (nSPS) is 14.4. The van der Waals surface area contributed by atoms with E-state index >= 15 is 0 Å². The molecule has 0 aliphatic carbocycles. The smallest absolute Gasteiger partial charge is 0.416 e. The highest BCUT2D eigenvalue weighted by Crippen LogP contribution is 2.37. The van der Waals surface area contributed by atoms with Gasteiger partial charge in [0.1, 0.15) is 17.1 Å². The van der Waals surface area contributed by atoms with Crippen LogP contribution in [0.5, 0.6) is 0 Å². The molecule has 4 aromatic rings. The van der Waals surface area contributed by atoms with E-state index in [0.29, 0.717) is 11.4 Å². The first-order valence-corrected chi connectivity index (χ1v) is 9.53. The summed E-state index contributed by atoms with van der Waals surface area (Å²) in [5.74, 6) is 1.48. The Morgan fingerprint density at radius 3 is 2.55 bits per heavy atom. The fourth-order valence-corrected chi connectivity index (χ4v) is 3.78. The Kier molecular flexibility index (Phi) is 4.12. The predicted octanol–water partition coefficient (Wildman–Crippen LogP) is 6.05. The number of nitrogens with one attached hydrogen (secondary N) is 1. The van der Waals surface area contributed by atoms with Gasteiger partial charge in [0.15, 0.2) is 5.76 Å². The molecule has 0 unspecified atom stereocenters. The van der Waals surface area contributed by atoms with Gasteiger partial charge < -0.3 is 9.73 Å². The van der Waals surface area contributed by atoms with Gasteiger partial charge in [-0.15, -0.1) is 0 Å². The standard InChI is InChI=1S/C22H18F3N3O/c23-22(24,25)15-8-10-16(11-9-15)28-21-17(6-3-4-12-26-21)20(27-28)19-13-14-5-1-2-7-18(14)29-19/h1-2,5,7-11,13,26H,3-4,6,12H2. The molecular weight excluding hydrogens is 379 g/mol. The first-order chi connectivity index (χ1) is 14.0. The quantitative estimate of drug-likeness (QED) is 0.448. The average molecular weight is 397 g/mol. The number of alkyl halides is 3. The predicted molar refractivity (Wildman–Crippen MR) is 105 cm³/mol. The summed E-state index contributed by atoms with van der Waals surface area (Å²) in [6.45, 7) is 0.791. The molecule has 7 heteroatoms. The summed E-state index contributed by atoms with van der Waals surface area (Å²) in [6, 6.07) is 14.8. The van der Waals surface area contributed by atoms with Crippen LogP contribution in [0.15, 0.2) is 59.0 Å². The number of hydrogen-bond donors (Lipinski definition) is 1. The lowest BCUT2D eigenvalue weighted by Gasteiger charge is -2.11. The van der Waals surface area contributed by atoms with Gasteiger partial charge >= 0.3 is 6.18 Å². The molecule has 3 heterocycles. The van der Waals surface area contributed by atoms with Crippen LogP contribution in [0.1, 0.15) is 24.0 Å². The maximum absolute atomic E-state index is 12.9. The molecule has 2 aromatic heterocycles. The minimum absolute atomic E-state index is 0.575. The van der Waals surface area contributed by atoms with Crippen LogP contribution in [-0.4, -0.2) is 16.3 Å². The van der Waals surface area contributed by atoms with Gasteiger partial charge in [-0.3, -0.25) is 0 Å². The van der Waals surface area contributed by atoms with E-state index in [4.69, 9.17) is 9.52 Å². The van der Waals surface area contributed by atoms with Gasteiger partial charge in [-0.05, 0) is 55.7 Å². The molecule has 29 heavy (non-hydrogen) atoms. The van der Waals surface area contributed by atoms with Crippen molar-refractivity contribution in [1.82, 2.24) is 9.78 Å². The van der Waals surface area contributed by atoms with Gasteiger partial charge in [-0.25, -0.2) is 4.68 Å². The number of para-hydroxylation sites is 1. The molecule has 2 aromatic carbocycles. The van der Waals surface area contributed by atoms with E-state index in [1.54, 1.807) is 4.68 Å². The molecule has 0 spiro atoms. The monoisotopic (exact) mass is 397 g/mol. The molecule has 0 radical (unpaired) electrons. The van der Waals surface area contributed by atoms with Crippen molar-refractivity contribution in [2.24, 2.45) is 0 Å². The van der Waals surface area contributed by atoms with E-state index < -0.39 is 11.7 Å². The molecule has 0 fully saturated rings. The van der Waals surface area contributed by atoms with Gasteiger partial charge in [0.2, 0.25) is 0 Å². The molecular formula is C22H18F3N3O. The summed E-state index contributed by atoms with van der Waals surface area (Å²) < 4.78 is 46.5. The highest BCUT2D eigenvalue weighted by Gasteiger charge is 2.30. The van der Waals surface area contributed by atoms with Crippen molar-refractivity contribution in [3.8, 4) is 17.1 Å². The van der Waals surface area contributed by atoms with Crippen molar-refractivity contribution in [2.75, 3.05) is 11.9 Å². The first kappa shape index (κ1) is 17.8. The highest BCUT2D eigenvalue weighted by molar-refractivity contribution is 5.83. The molecule has 0 bridgehead atoms. The second-order valence-electron chi connectivity index (χ2n) is 7.16. The second-order valence-corrected chi connectivity index (χ2v) is 7.16. The van der Waals surface area contributed by atoms with Crippen molar-refractivity contribution in [1.29, 1.82) is 0 Å². The summed E-state index contributed by atoms with van der Waals surface area (Å²) in [4.78, 5) is 0. The zero-order chi connectivity index (χ0) is 20.0. The Hall–Kier alpha value is -3.22. The zero-order valence-electron chi connectivity index (χ0n) is 15.5. The molecule has 0 saturated carbocycles. The maximum atomic E-state index is 12.9. The summed E-state index contributed by atoms with van der Waals surface area (Å²) in [7, 11) is 0. The summed E-state index contributed by atoms with van der Waals surface area (Å²) in [6.07, 6.45) is -1.51. The Balaban J connectivity index is 1.65. The van der Waals surface area contributed by atoms with Crippen LogP contribution in [0, 0.1) is 0 Å². The van der Waals surface area contributed by atoms with Crippen LogP contribution < -0.4 is 5.32 Å². The highest BCUT2D eigenvalue weighted by atomic mass is 19.4. The third-order valence-corrected chi connectivity index (χ3v) is 5.23. The molecule has 0 amide bonds. The van der Waals surface area contributed by atoms with E-state index in [0.717, 1.165) is 66.0 Å². The number of fused-ring (bicyclic) bond motifs is 2.